The lowest BCUT2D eigenvalue weighted by Crippen LogP contribution is -2.11. The van der Waals surface area contributed by atoms with Gasteiger partial charge in [-0.05, 0) is 30.9 Å². The molecule has 156 valence electrons. The van der Waals surface area contributed by atoms with Gasteiger partial charge in [-0.3, -0.25) is 4.79 Å². The Morgan fingerprint density at radius 1 is 1.03 bits per heavy atom. The summed E-state index contributed by atoms with van der Waals surface area (Å²) in [6.45, 7) is 1.58. The molecule has 1 aliphatic rings. The van der Waals surface area contributed by atoms with Crippen molar-refractivity contribution < 1.29 is 4.79 Å². The van der Waals surface area contributed by atoms with Crippen LogP contribution in [-0.2, 0) is 13.0 Å². The van der Waals surface area contributed by atoms with Crippen LogP contribution >= 0.6 is 0 Å². The van der Waals surface area contributed by atoms with Gasteiger partial charge in [0.05, 0.1) is 17.1 Å². The van der Waals surface area contributed by atoms with Crippen LogP contribution in [-0.4, -0.2) is 27.4 Å². The Balaban J connectivity index is 1.59. The van der Waals surface area contributed by atoms with Gasteiger partial charge in [-0.25, -0.2) is 9.97 Å². The Morgan fingerprint density at radius 3 is 2.74 bits per heavy atom. The van der Waals surface area contributed by atoms with Gasteiger partial charge in [0.15, 0.2) is 11.6 Å². The highest BCUT2D eigenvalue weighted by Gasteiger charge is 2.20. The third-order valence-corrected chi connectivity index (χ3v) is 5.65. The Morgan fingerprint density at radius 2 is 1.90 bits per heavy atom. The Bertz CT molecular complexity index is 1250. The second-order valence-electron chi connectivity index (χ2n) is 7.74. The zero-order chi connectivity index (χ0) is 21.2. The number of carbonyl (C=O) groups excluding carboxylic acids is 1. The third kappa shape index (κ3) is 3.70. The second-order valence-corrected chi connectivity index (χ2v) is 7.74. The van der Waals surface area contributed by atoms with Crippen molar-refractivity contribution >= 4 is 28.2 Å². The molecule has 31 heavy (non-hydrogen) atoms. The molecule has 0 atom stereocenters. The van der Waals surface area contributed by atoms with Crippen molar-refractivity contribution in [2.75, 3.05) is 17.2 Å². The van der Waals surface area contributed by atoms with E-state index in [9.17, 15) is 4.79 Å². The lowest BCUT2D eigenvalue weighted by atomic mass is 10.1. The Labute approximate surface area is 180 Å². The second kappa shape index (κ2) is 8.10. The van der Waals surface area contributed by atoms with Gasteiger partial charge in [0.1, 0.15) is 0 Å². The van der Waals surface area contributed by atoms with E-state index in [1.165, 1.54) is 5.56 Å². The molecule has 0 radical (unpaired) electrons. The standard InChI is InChI=1S/C24H24N6O/c25-22(31)17-10-6-9-16-18(17)14-27-20(16)24-29-19-11-4-5-12-26-21(19)23(30-24)28-13-15-7-2-1-3-8-15/h1-3,6-10,14,26-27H,4-5,11-13H2,(H2,25,31)(H,28,29,30). The SMILES string of the molecule is NC(=O)c1cccc2c(-c3nc4c(c(NCc5ccccc5)n3)NCCCC4)[nH]cc12. The van der Waals surface area contributed by atoms with Gasteiger partial charge in [-0.1, -0.05) is 42.5 Å². The first kappa shape index (κ1) is 19.1. The number of aryl methyl sites for hydroxylation is 1. The highest BCUT2D eigenvalue weighted by atomic mass is 16.1. The molecule has 2 aromatic heterocycles. The number of hydrogen-bond acceptors (Lipinski definition) is 5. The maximum Gasteiger partial charge on any atom is 0.249 e. The van der Waals surface area contributed by atoms with Crippen molar-refractivity contribution in [1.82, 2.24) is 15.0 Å². The number of nitrogens with two attached hydrogens (primary N) is 1. The third-order valence-electron chi connectivity index (χ3n) is 5.65. The van der Waals surface area contributed by atoms with Crippen molar-refractivity contribution in [3.63, 3.8) is 0 Å². The fourth-order valence-corrected chi connectivity index (χ4v) is 4.09. The number of amides is 1. The molecule has 4 aromatic rings. The molecular formula is C24H24N6O. The molecular weight excluding hydrogens is 388 g/mol. The zero-order valence-corrected chi connectivity index (χ0v) is 17.1. The van der Waals surface area contributed by atoms with E-state index >= 15 is 0 Å². The summed E-state index contributed by atoms with van der Waals surface area (Å²) < 4.78 is 0. The van der Waals surface area contributed by atoms with E-state index in [0.29, 0.717) is 17.9 Å². The minimum atomic E-state index is -0.451. The highest BCUT2D eigenvalue weighted by Crippen LogP contribution is 2.33. The molecule has 0 saturated carbocycles. The van der Waals surface area contributed by atoms with E-state index in [2.05, 4.69) is 27.8 Å². The molecule has 2 aromatic carbocycles. The smallest absolute Gasteiger partial charge is 0.249 e. The topological polar surface area (TPSA) is 109 Å². The maximum absolute atomic E-state index is 11.8. The number of nitrogens with zero attached hydrogens (tertiary/aromatic N) is 2. The fraction of sp³-hybridized carbons (Fsp3) is 0.208. The molecule has 5 N–H and O–H groups in total. The van der Waals surface area contributed by atoms with Gasteiger partial charge in [-0.15, -0.1) is 0 Å². The summed E-state index contributed by atoms with van der Waals surface area (Å²) in [7, 11) is 0. The number of nitrogens with one attached hydrogen (secondary N) is 3. The van der Waals surface area contributed by atoms with Crippen LogP contribution in [0.3, 0.4) is 0 Å². The first-order valence-electron chi connectivity index (χ1n) is 10.5. The average Bonchev–Trinajstić information content (AvgIpc) is 3.08. The number of fused-ring (bicyclic) bond motifs is 2. The van der Waals surface area contributed by atoms with Crippen LogP contribution < -0.4 is 16.4 Å². The molecule has 0 fully saturated rings. The number of carbonyl (C=O) groups is 1. The number of H-pyrrole nitrogens is 1. The lowest BCUT2D eigenvalue weighted by Gasteiger charge is -2.16. The molecule has 5 rings (SSSR count). The summed E-state index contributed by atoms with van der Waals surface area (Å²) in [5, 5.41) is 8.66. The van der Waals surface area contributed by atoms with E-state index in [4.69, 9.17) is 15.7 Å². The molecule has 7 heteroatoms. The lowest BCUT2D eigenvalue weighted by molar-refractivity contribution is 0.100. The maximum atomic E-state index is 11.8. The normalized spacial score (nSPS) is 13.3. The van der Waals surface area contributed by atoms with Crippen LogP contribution in [0.15, 0.2) is 54.7 Å². The van der Waals surface area contributed by atoms with Crippen molar-refractivity contribution in [2.24, 2.45) is 5.73 Å². The minimum absolute atomic E-state index is 0.451. The largest absolute Gasteiger partial charge is 0.381 e. The van der Waals surface area contributed by atoms with Crippen molar-refractivity contribution in [3.05, 3.63) is 71.5 Å². The van der Waals surface area contributed by atoms with Gasteiger partial charge in [0.25, 0.3) is 0 Å². The molecule has 1 aliphatic heterocycles. The minimum Gasteiger partial charge on any atom is -0.381 e. The summed E-state index contributed by atoms with van der Waals surface area (Å²) in [6, 6.07) is 15.8. The number of aromatic nitrogens is 3. The van der Waals surface area contributed by atoms with Crippen molar-refractivity contribution in [3.8, 4) is 11.5 Å². The van der Waals surface area contributed by atoms with E-state index in [-0.39, 0.29) is 0 Å². The molecule has 0 aliphatic carbocycles. The van der Waals surface area contributed by atoms with Crippen LogP contribution in [0.5, 0.6) is 0 Å². The number of anilines is 2. The van der Waals surface area contributed by atoms with E-state index in [1.54, 1.807) is 12.3 Å². The molecule has 0 spiro atoms. The summed E-state index contributed by atoms with van der Waals surface area (Å²) in [5.74, 6) is 0.947. The summed E-state index contributed by atoms with van der Waals surface area (Å²) >= 11 is 0. The molecule has 0 saturated heterocycles. The molecule has 0 bridgehead atoms. The van der Waals surface area contributed by atoms with Gasteiger partial charge in [-0.2, -0.15) is 0 Å². The van der Waals surface area contributed by atoms with Gasteiger partial charge in [0.2, 0.25) is 5.91 Å². The first-order valence-corrected chi connectivity index (χ1v) is 10.5. The Kier molecular flexibility index (Phi) is 5.00. The van der Waals surface area contributed by atoms with Crippen LogP contribution in [0.4, 0.5) is 11.5 Å². The first-order chi connectivity index (χ1) is 15.2. The highest BCUT2D eigenvalue weighted by molar-refractivity contribution is 6.09. The predicted molar refractivity (Wildman–Crippen MR) is 123 cm³/mol. The van der Waals surface area contributed by atoms with Crippen LogP contribution in [0, 0.1) is 0 Å². The molecule has 0 unspecified atom stereocenters. The summed E-state index contributed by atoms with van der Waals surface area (Å²) in [4.78, 5) is 24.9. The number of benzene rings is 2. The summed E-state index contributed by atoms with van der Waals surface area (Å²) in [6.07, 6.45) is 4.86. The quantitative estimate of drug-likeness (QED) is 0.395. The van der Waals surface area contributed by atoms with Crippen LogP contribution in [0.2, 0.25) is 0 Å². The van der Waals surface area contributed by atoms with Gasteiger partial charge in [0, 0.05) is 35.6 Å². The van der Waals surface area contributed by atoms with E-state index in [1.807, 2.05) is 30.3 Å². The zero-order valence-electron chi connectivity index (χ0n) is 17.1. The van der Waals surface area contributed by atoms with Crippen molar-refractivity contribution in [2.45, 2.75) is 25.8 Å². The van der Waals surface area contributed by atoms with E-state index in [0.717, 1.165) is 59.5 Å². The van der Waals surface area contributed by atoms with Gasteiger partial charge < -0.3 is 21.4 Å². The molecule has 7 nitrogen and oxygen atoms in total. The van der Waals surface area contributed by atoms with Crippen molar-refractivity contribution in [1.29, 1.82) is 0 Å². The van der Waals surface area contributed by atoms with E-state index < -0.39 is 5.91 Å². The van der Waals surface area contributed by atoms with Gasteiger partial charge >= 0.3 is 0 Å². The number of rotatable bonds is 5. The fourth-order valence-electron chi connectivity index (χ4n) is 4.09. The molecule has 3 heterocycles. The monoisotopic (exact) mass is 412 g/mol. The average molecular weight is 412 g/mol. The predicted octanol–water partition coefficient (Wildman–Crippen LogP) is 4.08. The molecule has 1 amide bonds. The summed E-state index contributed by atoms with van der Waals surface area (Å²) in [5.41, 5.74) is 9.99. The van der Waals surface area contributed by atoms with Crippen LogP contribution in [0.25, 0.3) is 22.3 Å². The number of primary amides is 1. The number of aromatic amines is 1. The Hall–Kier alpha value is -3.87. The number of hydrogen-bond donors (Lipinski definition) is 4. The van der Waals surface area contributed by atoms with Crippen LogP contribution in [0.1, 0.15) is 34.5 Å².